The zero-order valence-corrected chi connectivity index (χ0v) is 23.7. The molecule has 0 atom stereocenters. The van der Waals surface area contributed by atoms with Crippen LogP contribution in [0.25, 0.3) is 27.9 Å². The van der Waals surface area contributed by atoms with Crippen LogP contribution in [0.15, 0.2) is 72.7 Å². The number of amides is 2. The van der Waals surface area contributed by atoms with Crippen molar-refractivity contribution in [1.82, 2.24) is 20.2 Å². The third-order valence-electron chi connectivity index (χ3n) is 7.06. The molecule has 0 aliphatic carbocycles. The number of aromatic nitrogens is 2. The van der Waals surface area contributed by atoms with Crippen LogP contribution in [0.3, 0.4) is 0 Å². The number of halogens is 1. The van der Waals surface area contributed by atoms with E-state index in [0.29, 0.717) is 29.2 Å². The lowest BCUT2D eigenvalue weighted by Gasteiger charge is -2.15. The van der Waals surface area contributed by atoms with Gasteiger partial charge in [0.25, 0.3) is 11.8 Å². The Kier molecular flexibility index (Phi) is 8.14. The first-order chi connectivity index (χ1) is 20.3. The molecule has 3 N–H and O–H groups in total. The molecule has 2 amide bonds. The topological polar surface area (TPSA) is 107 Å². The Balaban J connectivity index is 1.43. The Morgan fingerprint density at radius 2 is 1.71 bits per heavy atom. The molecule has 0 spiro atoms. The maximum atomic E-state index is 13.6. The third-order valence-corrected chi connectivity index (χ3v) is 7.06. The van der Waals surface area contributed by atoms with E-state index in [4.69, 9.17) is 14.2 Å². The zero-order chi connectivity index (χ0) is 29.8. The largest absolute Gasteiger partial charge is 0.493 e. The number of rotatable bonds is 10. The highest BCUT2D eigenvalue weighted by atomic mass is 19.1. The first-order valence-electron chi connectivity index (χ1n) is 13.2. The summed E-state index contributed by atoms with van der Waals surface area (Å²) in [7, 11) is 6.32. The van der Waals surface area contributed by atoms with Crippen LogP contribution < -0.4 is 24.8 Å². The Morgan fingerprint density at radius 3 is 2.43 bits per heavy atom. The first kappa shape index (κ1) is 28.3. The van der Waals surface area contributed by atoms with E-state index in [1.165, 1.54) is 45.6 Å². The number of ether oxygens (including phenoxy) is 3. The van der Waals surface area contributed by atoms with E-state index < -0.39 is 11.8 Å². The number of benzene rings is 3. The van der Waals surface area contributed by atoms with Crippen molar-refractivity contribution in [3.63, 3.8) is 0 Å². The molecule has 0 saturated heterocycles. The van der Waals surface area contributed by atoms with Gasteiger partial charge in [0.15, 0.2) is 11.5 Å². The summed E-state index contributed by atoms with van der Waals surface area (Å²) in [5, 5.41) is 7.49. The molecular formula is C32H31FN4O5. The molecule has 0 aliphatic rings. The lowest BCUT2D eigenvalue weighted by molar-refractivity contribution is -0.117. The fraction of sp³-hybridized carbons (Fsp3) is 0.188. The van der Waals surface area contributed by atoms with Crippen molar-refractivity contribution in [2.24, 2.45) is 7.05 Å². The van der Waals surface area contributed by atoms with Crippen LogP contribution in [-0.4, -0.2) is 49.2 Å². The second-order valence-electron chi connectivity index (χ2n) is 9.65. The van der Waals surface area contributed by atoms with Gasteiger partial charge in [0.2, 0.25) is 5.75 Å². The van der Waals surface area contributed by atoms with Crippen molar-refractivity contribution in [2.45, 2.75) is 6.42 Å². The molecule has 0 bridgehead atoms. The summed E-state index contributed by atoms with van der Waals surface area (Å²) in [4.78, 5) is 30.0. The second-order valence-corrected chi connectivity index (χ2v) is 9.65. The highest BCUT2D eigenvalue weighted by Gasteiger charge is 2.20. The summed E-state index contributed by atoms with van der Waals surface area (Å²) in [6, 6.07) is 15.4. The number of hydrogen-bond donors (Lipinski definition) is 3. The summed E-state index contributed by atoms with van der Waals surface area (Å²) < 4.78 is 31.7. The van der Waals surface area contributed by atoms with Crippen LogP contribution in [0.1, 0.15) is 21.5 Å². The Labute approximate surface area is 241 Å². The Hall–Kier alpha value is -5.25. The van der Waals surface area contributed by atoms with E-state index >= 15 is 0 Å². The van der Waals surface area contributed by atoms with Gasteiger partial charge in [-0.2, -0.15) is 0 Å². The summed E-state index contributed by atoms with van der Waals surface area (Å²) in [5.74, 6) is -0.352. The number of aromatic amines is 1. The molecule has 0 fully saturated rings. The van der Waals surface area contributed by atoms with Crippen molar-refractivity contribution in [1.29, 1.82) is 0 Å². The van der Waals surface area contributed by atoms with Crippen molar-refractivity contribution in [2.75, 3.05) is 27.9 Å². The number of nitrogens with zero attached hydrogens (tertiary/aromatic N) is 1. The highest BCUT2D eigenvalue weighted by molar-refractivity contribution is 6.07. The van der Waals surface area contributed by atoms with E-state index in [-0.39, 0.29) is 23.6 Å². The molecule has 5 aromatic rings. The quantitative estimate of drug-likeness (QED) is 0.206. The summed E-state index contributed by atoms with van der Waals surface area (Å²) in [6.07, 6.45) is 5.85. The summed E-state index contributed by atoms with van der Waals surface area (Å²) in [6.45, 7) is 0.288. The molecule has 42 heavy (non-hydrogen) atoms. The highest BCUT2D eigenvalue weighted by Crippen LogP contribution is 2.38. The standard InChI is InChI=1S/C32H31FN4O5/c1-37-18-21(24-7-5-6-8-27(24)37)13-26(36-31(38)20-14-28(40-2)30(42-4)29(15-20)41-3)32(39)34-12-11-19-17-35-25-16-22(33)9-10-23(19)25/h5-10,13-18,35H,11-12H2,1-4H3,(H,34,39)(H,36,38)/b26-13-. The zero-order valence-electron chi connectivity index (χ0n) is 23.7. The van der Waals surface area contributed by atoms with E-state index in [9.17, 15) is 14.0 Å². The molecule has 0 aliphatic heterocycles. The summed E-state index contributed by atoms with van der Waals surface area (Å²) >= 11 is 0. The van der Waals surface area contributed by atoms with E-state index in [1.807, 2.05) is 42.1 Å². The van der Waals surface area contributed by atoms with E-state index in [2.05, 4.69) is 15.6 Å². The van der Waals surface area contributed by atoms with Crippen molar-refractivity contribution in [3.05, 3.63) is 95.2 Å². The molecule has 2 aromatic heterocycles. The SMILES string of the molecule is COc1cc(C(=O)N/C(=C\c2cn(C)c3ccccc23)C(=O)NCCc2c[nH]c3cc(F)ccc23)cc(OC)c1OC. The molecule has 5 rings (SSSR count). The number of hydrogen-bond acceptors (Lipinski definition) is 5. The van der Waals surface area contributed by atoms with Gasteiger partial charge >= 0.3 is 0 Å². The van der Waals surface area contributed by atoms with Gasteiger partial charge in [-0.1, -0.05) is 18.2 Å². The number of H-pyrrole nitrogens is 1. The molecule has 9 nitrogen and oxygen atoms in total. The Morgan fingerprint density at radius 1 is 0.976 bits per heavy atom. The minimum Gasteiger partial charge on any atom is -0.493 e. The molecule has 2 heterocycles. The molecule has 0 saturated carbocycles. The normalized spacial score (nSPS) is 11.5. The predicted octanol–water partition coefficient (Wildman–Crippen LogP) is 4.95. The van der Waals surface area contributed by atoms with Crippen LogP contribution in [0.2, 0.25) is 0 Å². The first-order valence-corrected chi connectivity index (χ1v) is 13.2. The predicted molar refractivity (Wildman–Crippen MR) is 159 cm³/mol. The maximum Gasteiger partial charge on any atom is 0.267 e. The number of methoxy groups -OCH3 is 3. The average molecular weight is 571 g/mol. The van der Waals surface area contributed by atoms with Crippen molar-refractivity contribution in [3.8, 4) is 17.2 Å². The number of para-hydroxylation sites is 1. The smallest absolute Gasteiger partial charge is 0.267 e. The fourth-order valence-electron chi connectivity index (χ4n) is 4.98. The van der Waals surface area contributed by atoms with Crippen molar-refractivity contribution < 1.29 is 28.2 Å². The molecule has 10 heteroatoms. The monoisotopic (exact) mass is 570 g/mol. The van der Waals surface area contributed by atoms with Gasteiger partial charge in [0.05, 0.1) is 21.3 Å². The molecular weight excluding hydrogens is 539 g/mol. The molecule has 216 valence electrons. The second kappa shape index (κ2) is 12.1. The van der Waals surface area contributed by atoms with Crippen LogP contribution >= 0.6 is 0 Å². The number of carbonyl (C=O) groups excluding carboxylic acids is 2. The molecule has 0 unspecified atom stereocenters. The van der Waals surface area contributed by atoms with Crippen LogP contribution in [0, 0.1) is 5.82 Å². The third kappa shape index (κ3) is 5.64. The van der Waals surface area contributed by atoms with Crippen LogP contribution in [-0.2, 0) is 18.3 Å². The minimum atomic E-state index is -0.533. The van der Waals surface area contributed by atoms with Gasteiger partial charge in [0.1, 0.15) is 11.5 Å². The number of fused-ring (bicyclic) bond motifs is 2. The van der Waals surface area contributed by atoms with Gasteiger partial charge in [-0.3, -0.25) is 9.59 Å². The number of nitrogens with one attached hydrogen (secondary N) is 3. The fourth-order valence-corrected chi connectivity index (χ4v) is 4.98. The molecule has 3 aromatic carbocycles. The van der Waals surface area contributed by atoms with Crippen molar-refractivity contribution >= 4 is 39.7 Å². The number of carbonyl (C=O) groups is 2. The minimum absolute atomic E-state index is 0.0612. The molecule has 0 radical (unpaired) electrons. The van der Waals surface area contributed by atoms with Crippen LogP contribution in [0.5, 0.6) is 17.2 Å². The van der Waals surface area contributed by atoms with E-state index in [0.717, 1.165) is 27.4 Å². The van der Waals surface area contributed by atoms with E-state index in [1.54, 1.807) is 18.3 Å². The van der Waals surface area contributed by atoms with Gasteiger partial charge in [-0.25, -0.2) is 4.39 Å². The van der Waals surface area contributed by atoms with Gasteiger partial charge in [0, 0.05) is 58.9 Å². The van der Waals surface area contributed by atoms with Gasteiger partial charge in [-0.05, 0) is 54.5 Å². The van der Waals surface area contributed by atoms with Gasteiger partial charge in [-0.15, -0.1) is 0 Å². The average Bonchev–Trinajstić information content (AvgIpc) is 3.55. The lowest BCUT2D eigenvalue weighted by Crippen LogP contribution is -2.35. The number of aryl methyl sites for hydroxylation is 1. The lowest BCUT2D eigenvalue weighted by atomic mass is 10.1. The van der Waals surface area contributed by atoms with Gasteiger partial charge < -0.3 is 34.4 Å². The van der Waals surface area contributed by atoms with Crippen LogP contribution in [0.4, 0.5) is 4.39 Å². The maximum absolute atomic E-state index is 13.6. The summed E-state index contributed by atoms with van der Waals surface area (Å²) in [5.41, 5.74) is 3.65. The Bertz CT molecular complexity index is 1800.